The maximum atomic E-state index is 10.00. The fourth-order valence-electron chi connectivity index (χ4n) is 2.74. The van der Waals surface area contributed by atoms with E-state index in [0.29, 0.717) is 35.9 Å². The van der Waals surface area contributed by atoms with Gasteiger partial charge in [-0.3, -0.25) is 0 Å². The number of hydrogen-bond donors (Lipinski definition) is 3. The Morgan fingerprint density at radius 1 is 1.26 bits per heavy atom. The molecule has 0 unspecified atom stereocenters. The van der Waals surface area contributed by atoms with Crippen LogP contribution in [-0.2, 0) is 6.54 Å². The Bertz CT molecular complexity index is 428. The molecule has 4 heteroatoms. The second-order valence-electron chi connectivity index (χ2n) is 5.51. The van der Waals surface area contributed by atoms with Crippen LogP contribution in [0.5, 0.6) is 5.75 Å². The highest BCUT2D eigenvalue weighted by Crippen LogP contribution is 2.28. The summed E-state index contributed by atoms with van der Waals surface area (Å²) in [5.41, 5.74) is 1.67. The lowest BCUT2D eigenvalue weighted by molar-refractivity contribution is 0.175. The Morgan fingerprint density at radius 3 is 2.58 bits per heavy atom. The zero-order chi connectivity index (χ0) is 13.8. The summed E-state index contributed by atoms with van der Waals surface area (Å²) in [4.78, 5) is 0. The van der Waals surface area contributed by atoms with E-state index in [9.17, 15) is 5.11 Å². The number of rotatable bonds is 4. The predicted molar refractivity (Wildman–Crippen MR) is 77.5 cm³/mol. The number of hydrogen-bond acceptors (Lipinski definition) is 3. The van der Waals surface area contributed by atoms with Crippen LogP contribution in [0.4, 0.5) is 0 Å². The minimum Gasteiger partial charge on any atom is -0.507 e. The molecule has 19 heavy (non-hydrogen) atoms. The molecule has 0 aliphatic heterocycles. The quantitative estimate of drug-likeness (QED) is 0.796. The minimum atomic E-state index is 0.307. The molecule has 0 spiro atoms. The van der Waals surface area contributed by atoms with Gasteiger partial charge in [-0.15, -0.1) is 0 Å². The van der Waals surface area contributed by atoms with Crippen LogP contribution in [0.1, 0.15) is 36.8 Å². The lowest BCUT2D eigenvalue weighted by Gasteiger charge is -2.28. The monoisotopic (exact) mass is 283 g/mol. The van der Waals surface area contributed by atoms with Crippen molar-refractivity contribution in [3.63, 3.8) is 0 Å². The van der Waals surface area contributed by atoms with Gasteiger partial charge in [0.25, 0.3) is 0 Å². The highest BCUT2D eigenvalue weighted by atomic mass is 35.5. The number of aromatic hydroxyl groups is 1. The maximum Gasteiger partial charge on any atom is 0.123 e. The molecule has 0 saturated heterocycles. The molecule has 1 saturated carbocycles. The van der Waals surface area contributed by atoms with Crippen LogP contribution < -0.4 is 5.32 Å². The first kappa shape index (κ1) is 14.6. The first-order valence-corrected chi connectivity index (χ1v) is 7.30. The van der Waals surface area contributed by atoms with E-state index < -0.39 is 0 Å². The normalized spacial score (nSPS) is 23.5. The van der Waals surface area contributed by atoms with Crippen LogP contribution >= 0.6 is 11.6 Å². The molecular formula is C15H22ClNO2. The summed E-state index contributed by atoms with van der Waals surface area (Å²) < 4.78 is 0. The van der Waals surface area contributed by atoms with Crippen LogP contribution in [0.2, 0.25) is 5.02 Å². The Labute approximate surface area is 119 Å². The third-order valence-corrected chi connectivity index (χ3v) is 4.25. The van der Waals surface area contributed by atoms with E-state index in [0.717, 1.165) is 36.8 Å². The molecule has 1 aliphatic rings. The number of phenolic OH excluding ortho intramolecular Hbond substituents is 1. The van der Waals surface area contributed by atoms with Gasteiger partial charge in [0.2, 0.25) is 0 Å². The second kappa shape index (κ2) is 6.60. The summed E-state index contributed by atoms with van der Waals surface area (Å²) in [5.74, 6) is 0.806. The van der Waals surface area contributed by atoms with Crippen molar-refractivity contribution in [2.24, 2.45) is 5.92 Å². The molecule has 1 aromatic rings. The molecule has 0 bridgehead atoms. The van der Waals surface area contributed by atoms with Gasteiger partial charge in [0.15, 0.2) is 0 Å². The van der Waals surface area contributed by atoms with Crippen LogP contribution in [0.3, 0.4) is 0 Å². The highest BCUT2D eigenvalue weighted by molar-refractivity contribution is 6.30. The molecule has 1 aromatic carbocycles. The molecule has 0 atom stereocenters. The molecule has 3 nitrogen and oxygen atoms in total. The first-order chi connectivity index (χ1) is 9.10. The summed E-state index contributed by atoms with van der Waals surface area (Å²) in [7, 11) is 0. The van der Waals surface area contributed by atoms with Gasteiger partial charge >= 0.3 is 0 Å². The molecule has 0 heterocycles. The smallest absolute Gasteiger partial charge is 0.123 e. The number of aliphatic hydroxyl groups excluding tert-OH is 1. The van der Waals surface area contributed by atoms with Gasteiger partial charge in [-0.25, -0.2) is 0 Å². The van der Waals surface area contributed by atoms with Crippen molar-refractivity contribution >= 4 is 11.6 Å². The van der Waals surface area contributed by atoms with Gasteiger partial charge in [-0.1, -0.05) is 11.6 Å². The molecule has 2 rings (SSSR count). The summed E-state index contributed by atoms with van der Waals surface area (Å²) in [6.45, 7) is 2.81. The van der Waals surface area contributed by atoms with E-state index in [1.807, 2.05) is 13.0 Å². The highest BCUT2D eigenvalue weighted by Gasteiger charge is 2.20. The molecule has 0 aromatic heterocycles. The third kappa shape index (κ3) is 3.85. The van der Waals surface area contributed by atoms with Gasteiger partial charge in [0, 0.05) is 29.8 Å². The van der Waals surface area contributed by atoms with Gasteiger partial charge < -0.3 is 15.5 Å². The Morgan fingerprint density at radius 2 is 1.95 bits per heavy atom. The molecule has 3 N–H and O–H groups in total. The third-order valence-electron chi connectivity index (χ3n) is 4.03. The molecule has 0 amide bonds. The van der Waals surface area contributed by atoms with E-state index in [1.54, 1.807) is 6.07 Å². The number of aryl methyl sites for hydroxylation is 1. The lowest BCUT2D eigenvalue weighted by Crippen LogP contribution is -2.33. The van der Waals surface area contributed by atoms with Crippen LogP contribution in [0, 0.1) is 12.8 Å². The van der Waals surface area contributed by atoms with Crippen molar-refractivity contribution in [3.05, 3.63) is 28.3 Å². The number of phenols is 1. The van der Waals surface area contributed by atoms with Gasteiger partial charge in [-0.05, 0) is 56.2 Å². The summed E-state index contributed by atoms with van der Waals surface area (Å²) in [6.07, 6.45) is 4.33. The van der Waals surface area contributed by atoms with E-state index >= 15 is 0 Å². The minimum absolute atomic E-state index is 0.307. The topological polar surface area (TPSA) is 52.5 Å². The van der Waals surface area contributed by atoms with E-state index in [1.165, 1.54) is 0 Å². The van der Waals surface area contributed by atoms with Crippen molar-refractivity contribution in [1.82, 2.24) is 5.32 Å². The average Bonchev–Trinajstić information content (AvgIpc) is 2.41. The maximum absolute atomic E-state index is 10.00. The Balaban J connectivity index is 1.89. The fourth-order valence-corrected chi connectivity index (χ4v) is 3.04. The summed E-state index contributed by atoms with van der Waals surface area (Å²) in [5, 5.41) is 23.3. The van der Waals surface area contributed by atoms with Crippen molar-refractivity contribution in [3.8, 4) is 5.75 Å². The van der Waals surface area contributed by atoms with Crippen LogP contribution in [-0.4, -0.2) is 22.9 Å². The molecular weight excluding hydrogens is 262 g/mol. The summed E-state index contributed by atoms with van der Waals surface area (Å²) >= 11 is 6.01. The second-order valence-corrected chi connectivity index (χ2v) is 5.95. The number of halogens is 1. The molecule has 1 aliphatic carbocycles. The molecule has 0 radical (unpaired) electrons. The lowest BCUT2D eigenvalue weighted by atomic mass is 9.86. The summed E-state index contributed by atoms with van der Waals surface area (Å²) in [6, 6.07) is 4.06. The van der Waals surface area contributed by atoms with Gasteiger partial charge in [0.05, 0.1) is 0 Å². The first-order valence-electron chi connectivity index (χ1n) is 6.92. The Hall–Kier alpha value is -0.770. The van der Waals surface area contributed by atoms with E-state index in [4.69, 9.17) is 16.7 Å². The zero-order valence-corrected chi connectivity index (χ0v) is 12.1. The van der Waals surface area contributed by atoms with Crippen molar-refractivity contribution in [2.45, 2.75) is 45.2 Å². The van der Waals surface area contributed by atoms with E-state index in [2.05, 4.69) is 5.32 Å². The van der Waals surface area contributed by atoms with Gasteiger partial charge in [0.1, 0.15) is 5.75 Å². The zero-order valence-electron chi connectivity index (χ0n) is 11.3. The predicted octanol–water partition coefficient (Wildman–Crippen LogP) is 2.99. The number of benzene rings is 1. The van der Waals surface area contributed by atoms with Crippen LogP contribution in [0.15, 0.2) is 12.1 Å². The van der Waals surface area contributed by atoms with Crippen molar-refractivity contribution in [2.75, 3.05) is 6.61 Å². The average molecular weight is 284 g/mol. The Kier molecular flexibility index (Phi) is 5.08. The number of nitrogens with one attached hydrogen (secondary N) is 1. The largest absolute Gasteiger partial charge is 0.507 e. The standard InChI is InChI=1S/C15H22ClNO2/c1-10-6-13(16)7-12(15(10)19)8-17-14-4-2-11(9-18)3-5-14/h6-7,11,14,17-19H,2-5,8-9H2,1H3. The molecule has 1 fully saturated rings. The van der Waals surface area contributed by atoms with Crippen molar-refractivity contribution < 1.29 is 10.2 Å². The van der Waals surface area contributed by atoms with Crippen LogP contribution in [0.25, 0.3) is 0 Å². The van der Waals surface area contributed by atoms with Crippen molar-refractivity contribution in [1.29, 1.82) is 0 Å². The van der Waals surface area contributed by atoms with Gasteiger partial charge in [-0.2, -0.15) is 0 Å². The SMILES string of the molecule is Cc1cc(Cl)cc(CNC2CCC(CO)CC2)c1O. The van der Waals surface area contributed by atoms with E-state index in [-0.39, 0.29) is 0 Å². The number of aliphatic hydroxyl groups is 1. The molecule has 106 valence electrons. The fraction of sp³-hybridized carbons (Fsp3) is 0.600.